The van der Waals surface area contributed by atoms with Crippen molar-refractivity contribution in [2.24, 2.45) is 0 Å². The van der Waals surface area contributed by atoms with E-state index >= 15 is 0 Å². The molecule has 2 saturated heterocycles. The van der Waals surface area contributed by atoms with Crippen LogP contribution in [0, 0.1) is 0 Å². The fraction of sp³-hybridized carbons (Fsp3) is 0.846. The Balaban J connectivity index is 1.70. The molecule has 0 aliphatic carbocycles. The number of hydrogen-bond donors (Lipinski definition) is 2. The van der Waals surface area contributed by atoms with Gasteiger partial charge < -0.3 is 15.5 Å². The Morgan fingerprint density at radius 2 is 1.90 bits per heavy atom. The van der Waals surface area contributed by atoms with Gasteiger partial charge in [-0.2, -0.15) is 0 Å². The topological polar surface area (TPSA) is 95.6 Å². The first-order valence-corrected chi connectivity index (χ1v) is 9.27. The monoisotopic (exact) mass is 317 g/mol. The van der Waals surface area contributed by atoms with E-state index in [-0.39, 0.29) is 42.3 Å². The Hall–Kier alpha value is -1.15. The molecule has 2 N–H and O–H groups in total. The van der Waals surface area contributed by atoms with Crippen LogP contribution in [0.1, 0.15) is 25.7 Å². The maximum absolute atomic E-state index is 11.9. The van der Waals surface area contributed by atoms with Crippen molar-refractivity contribution in [1.29, 1.82) is 0 Å². The first-order chi connectivity index (χ1) is 9.96. The molecular formula is C13H23N3O4S. The molecule has 2 aliphatic heterocycles. The number of piperidine rings is 1. The number of carbonyl (C=O) groups excluding carboxylic acids is 2. The number of nitrogens with zero attached hydrogens (tertiary/aromatic N) is 1. The van der Waals surface area contributed by atoms with Crippen LogP contribution in [0.4, 0.5) is 0 Å². The standard InChI is InChI=1S/C13H23N3O4S/c17-12(8-11-10-21(19,20)7-4-14-11)15-9-13(18)16-5-2-1-3-6-16/h11,14H,1-10H2,(H,15,17). The lowest BCUT2D eigenvalue weighted by Gasteiger charge is -2.27. The van der Waals surface area contributed by atoms with Crippen molar-refractivity contribution < 1.29 is 18.0 Å². The van der Waals surface area contributed by atoms with Crippen LogP contribution < -0.4 is 10.6 Å². The molecule has 21 heavy (non-hydrogen) atoms. The van der Waals surface area contributed by atoms with E-state index in [0.717, 1.165) is 32.4 Å². The third kappa shape index (κ3) is 5.28. The lowest BCUT2D eigenvalue weighted by atomic mass is 10.1. The van der Waals surface area contributed by atoms with Crippen LogP contribution in [-0.2, 0) is 19.4 Å². The van der Waals surface area contributed by atoms with E-state index in [1.807, 2.05) is 0 Å². The highest BCUT2D eigenvalue weighted by Gasteiger charge is 2.26. The number of sulfone groups is 1. The number of hydrogen-bond acceptors (Lipinski definition) is 5. The van der Waals surface area contributed by atoms with Crippen molar-refractivity contribution in [2.45, 2.75) is 31.7 Å². The molecule has 0 radical (unpaired) electrons. The van der Waals surface area contributed by atoms with Gasteiger partial charge in [0.1, 0.15) is 0 Å². The van der Waals surface area contributed by atoms with E-state index in [2.05, 4.69) is 10.6 Å². The molecule has 0 aromatic heterocycles. The van der Waals surface area contributed by atoms with Gasteiger partial charge in [-0.15, -0.1) is 0 Å². The molecule has 0 spiro atoms. The second-order valence-corrected chi connectivity index (χ2v) is 7.92. The lowest BCUT2D eigenvalue weighted by Crippen LogP contribution is -2.48. The smallest absolute Gasteiger partial charge is 0.241 e. The third-order valence-electron chi connectivity index (χ3n) is 3.88. The maximum Gasteiger partial charge on any atom is 0.241 e. The van der Waals surface area contributed by atoms with Crippen LogP contribution in [0.5, 0.6) is 0 Å². The van der Waals surface area contributed by atoms with Gasteiger partial charge in [0, 0.05) is 32.1 Å². The van der Waals surface area contributed by atoms with Gasteiger partial charge in [-0.3, -0.25) is 9.59 Å². The van der Waals surface area contributed by atoms with Crippen LogP contribution in [0.2, 0.25) is 0 Å². The van der Waals surface area contributed by atoms with E-state index in [0.29, 0.717) is 6.54 Å². The van der Waals surface area contributed by atoms with Crippen LogP contribution >= 0.6 is 0 Å². The van der Waals surface area contributed by atoms with Gasteiger partial charge in [-0.05, 0) is 19.3 Å². The summed E-state index contributed by atoms with van der Waals surface area (Å²) in [6.45, 7) is 1.90. The van der Waals surface area contributed by atoms with Gasteiger partial charge >= 0.3 is 0 Å². The first-order valence-electron chi connectivity index (χ1n) is 7.44. The quantitative estimate of drug-likeness (QED) is 0.686. The molecule has 2 aliphatic rings. The van der Waals surface area contributed by atoms with Gasteiger partial charge in [0.15, 0.2) is 9.84 Å². The summed E-state index contributed by atoms with van der Waals surface area (Å²) < 4.78 is 23.0. The molecule has 1 atom stereocenters. The van der Waals surface area contributed by atoms with Gasteiger partial charge in [-0.1, -0.05) is 0 Å². The second-order valence-electron chi connectivity index (χ2n) is 5.69. The Labute approximate surface area is 125 Å². The Kier molecular flexibility index (Phi) is 5.58. The fourth-order valence-electron chi connectivity index (χ4n) is 2.72. The minimum absolute atomic E-state index is 0.00168. The first kappa shape index (κ1) is 16.2. The molecule has 0 aromatic carbocycles. The minimum Gasteiger partial charge on any atom is -0.347 e. The molecule has 1 unspecified atom stereocenters. The Morgan fingerprint density at radius 1 is 1.19 bits per heavy atom. The molecule has 2 fully saturated rings. The highest BCUT2D eigenvalue weighted by Crippen LogP contribution is 2.08. The fourth-order valence-corrected chi connectivity index (χ4v) is 4.17. The van der Waals surface area contributed by atoms with Crippen LogP contribution in [0.15, 0.2) is 0 Å². The van der Waals surface area contributed by atoms with E-state index in [4.69, 9.17) is 0 Å². The molecule has 120 valence electrons. The number of rotatable bonds is 4. The van der Waals surface area contributed by atoms with E-state index in [1.165, 1.54) is 0 Å². The zero-order valence-corrected chi connectivity index (χ0v) is 13.0. The van der Waals surface area contributed by atoms with E-state index in [9.17, 15) is 18.0 Å². The van der Waals surface area contributed by atoms with Crippen molar-refractivity contribution in [3.63, 3.8) is 0 Å². The third-order valence-corrected chi connectivity index (χ3v) is 5.61. The summed E-state index contributed by atoms with van der Waals surface area (Å²) in [7, 11) is -3.04. The molecule has 8 heteroatoms. The predicted octanol–water partition coefficient (Wildman–Crippen LogP) is -1.11. The number of likely N-dealkylation sites (tertiary alicyclic amines) is 1. The summed E-state index contributed by atoms with van der Waals surface area (Å²) in [5.74, 6) is -0.235. The summed E-state index contributed by atoms with van der Waals surface area (Å²) in [6, 6.07) is -0.353. The van der Waals surface area contributed by atoms with Crippen molar-refractivity contribution >= 4 is 21.7 Å². The lowest BCUT2D eigenvalue weighted by molar-refractivity contribution is -0.133. The van der Waals surface area contributed by atoms with Crippen LogP contribution in [0.3, 0.4) is 0 Å². The van der Waals surface area contributed by atoms with E-state index < -0.39 is 9.84 Å². The Morgan fingerprint density at radius 3 is 2.57 bits per heavy atom. The van der Waals surface area contributed by atoms with Crippen molar-refractivity contribution in [3.05, 3.63) is 0 Å². The molecule has 2 heterocycles. The molecular weight excluding hydrogens is 294 g/mol. The average molecular weight is 317 g/mol. The van der Waals surface area contributed by atoms with Gasteiger partial charge in [0.25, 0.3) is 0 Å². The molecule has 2 amide bonds. The zero-order chi connectivity index (χ0) is 15.3. The van der Waals surface area contributed by atoms with Crippen LogP contribution in [-0.4, -0.2) is 68.9 Å². The molecule has 0 bridgehead atoms. The maximum atomic E-state index is 11.9. The van der Waals surface area contributed by atoms with Crippen molar-refractivity contribution in [2.75, 3.05) is 37.7 Å². The summed E-state index contributed by atoms with van der Waals surface area (Å²) >= 11 is 0. The molecule has 0 aromatic rings. The van der Waals surface area contributed by atoms with Gasteiger partial charge in [-0.25, -0.2) is 8.42 Å². The van der Waals surface area contributed by atoms with Gasteiger partial charge in [0.2, 0.25) is 11.8 Å². The van der Waals surface area contributed by atoms with Crippen molar-refractivity contribution in [3.8, 4) is 0 Å². The SMILES string of the molecule is O=C(CC1CS(=O)(=O)CCN1)NCC(=O)N1CCCCC1. The molecule has 0 saturated carbocycles. The highest BCUT2D eigenvalue weighted by molar-refractivity contribution is 7.91. The molecule has 7 nitrogen and oxygen atoms in total. The number of carbonyl (C=O) groups is 2. The zero-order valence-electron chi connectivity index (χ0n) is 12.1. The summed E-state index contributed by atoms with van der Waals surface area (Å²) in [5.41, 5.74) is 0. The predicted molar refractivity (Wildman–Crippen MR) is 78.5 cm³/mol. The van der Waals surface area contributed by atoms with Crippen molar-refractivity contribution in [1.82, 2.24) is 15.5 Å². The number of nitrogens with one attached hydrogen (secondary N) is 2. The molecule has 2 rings (SSSR count). The Bertz CT molecular complexity index is 486. The minimum atomic E-state index is -3.04. The summed E-state index contributed by atoms with van der Waals surface area (Å²) in [6.07, 6.45) is 3.28. The summed E-state index contributed by atoms with van der Waals surface area (Å²) in [4.78, 5) is 25.5. The van der Waals surface area contributed by atoms with E-state index in [1.54, 1.807) is 4.90 Å². The number of amides is 2. The highest BCUT2D eigenvalue weighted by atomic mass is 32.2. The normalized spacial score (nSPS) is 25.3. The second kappa shape index (κ2) is 7.22. The summed E-state index contributed by atoms with van der Waals surface area (Å²) in [5, 5.41) is 5.61. The largest absolute Gasteiger partial charge is 0.347 e. The van der Waals surface area contributed by atoms with Crippen LogP contribution in [0.25, 0.3) is 0 Å². The average Bonchev–Trinajstić information content (AvgIpc) is 2.44. The van der Waals surface area contributed by atoms with Gasteiger partial charge in [0.05, 0.1) is 18.1 Å².